The number of hydrogen-bond acceptors (Lipinski definition) is 4. The Hall–Kier alpha value is -1.63. The molecular weight excluding hydrogens is 196 g/mol. The molecule has 0 aromatic carbocycles. The van der Waals surface area contributed by atoms with Gasteiger partial charge in [-0.25, -0.2) is 15.6 Å². The van der Waals surface area contributed by atoms with E-state index in [9.17, 15) is 4.79 Å². The molecule has 1 fully saturated rings. The molecule has 0 spiro atoms. The van der Waals surface area contributed by atoms with Crippen LogP contribution < -0.4 is 5.84 Å². The lowest BCUT2D eigenvalue weighted by atomic mass is 10.3. The lowest BCUT2D eigenvalue weighted by molar-refractivity contribution is 0.125. The van der Waals surface area contributed by atoms with E-state index in [2.05, 4.69) is 10.1 Å². The SMILES string of the molecule is Cn1ncnc1CN1CCCN(N)C1=O. The van der Waals surface area contributed by atoms with Crippen LogP contribution in [0.4, 0.5) is 4.79 Å². The van der Waals surface area contributed by atoms with Gasteiger partial charge in [-0.3, -0.25) is 9.69 Å². The summed E-state index contributed by atoms with van der Waals surface area (Å²) in [5, 5.41) is 5.18. The summed E-state index contributed by atoms with van der Waals surface area (Å²) in [6.07, 6.45) is 2.37. The molecule has 2 N–H and O–H groups in total. The Balaban J connectivity index is 2.05. The third kappa shape index (κ3) is 1.91. The normalized spacial score (nSPS) is 17.3. The fraction of sp³-hybridized carbons (Fsp3) is 0.625. The molecule has 1 aromatic rings. The fourth-order valence-corrected chi connectivity index (χ4v) is 1.59. The summed E-state index contributed by atoms with van der Waals surface area (Å²) in [6, 6.07) is -0.149. The first-order chi connectivity index (χ1) is 7.18. The van der Waals surface area contributed by atoms with Gasteiger partial charge in [0.15, 0.2) is 0 Å². The number of aromatic nitrogens is 3. The number of amides is 2. The van der Waals surface area contributed by atoms with Crippen molar-refractivity contribution in [2.45, 2.75) is 13.0 Å². The second-order valence-corrected chi connectivity index (χ2v) is 3.55. The fourth-order valence-electron chi connectivity index (χ4n) is 1.59. The Bertz CT molecular complexity index is 362. The second kappa shape index (κ2) is 3.85. The first-order valence-electron chi connectivity index (χ1n) is 4.82. The highest BCUT2D eigenvalue weighted by Crippen LogP contribution is 2.08. The summed E-state index contributed by atoms with van der Waals surface area (Å²) in [7, 11) is 1.80. The summed E-state index contributed by atoms with van der Waals surface area (Å²) in [6.45, 7) is 1.80. The largest absolute Gasteiger partial charge is 0.334 e. The third-order valence-electron chi connectivity index (χ3n) is 2.48. The number of carbonyl (C=O) groups is 1. The van der Waals surface area contributed by atoms with Crippen molar-refractivity contribution in [3.63, 3.8) is 0 Å². The minimum Gasteiger partial charge on any atom is -0.316 e. The number of urea groups is 1. The summed E-state index contributed by atoms with van der Waals surface area (Å²) in [5.41, 5.74) is 0. The van der Waals surface area contributed by atoms with Gasteiger partial charge in [0.25, 0.3) is 0 Å². The van der Waals surface area contributed by atoms with Gasteiger partial charge >= 0.3 is 6.03 Å². The quantitative estimate of drug-likeness (QED) is 0.518. The molecule has 1 aliphatic heterocycles. The molecule has 2 heterocycles. The highest BCUT2D eigenvalue weighted by Gasteiger charge is 2.24. The van der Waals surface area contributed by atoms with Crippen LogP contribution >= 0.6 is 0 Å². The zero-order valence-corrected chi connectivity index (χ0v) is 8.63. The Labute approximate surface area is 87.4 Å². The number of hydrazine groups is 1. The molecule has 2 amide bonds. The van der Waals surface area contributed by atoms with Crippen LogP contribution in [0.1, 0.15) is 12.2 Å². The Kier molecular flexibility index (Phi) is 2.55. The van der Waals surface area contributed by atoms with Crippen molar-refractivity contribution in [2.24, 2.45) is 12.9 Å². The van der Waals surface area contributed by atoms with E-state index in [0.29, 0.717) is 13.1 Å². The van der Waals surface area contributed by atoms with Crippen molar-refractivity contribution in [1.29, 1.82) is 0 Å². The number of rotatable bonds is 2. The van der Waals surface area contributed by atoms with Gasteiger partial charge in [0.2, 0.25) is 0 Å². The van der Waals surface area contributed by atoms with Crippen LogP contribution in [0.3, 0.4) is 0 Å². The van der Waals surface area contributed by atoms with Gasteiger partial charge in [0.1, 0.15) is 12.2 Å². The van der Waals surface area contributed by atoms with Crippen LogP contribution in [-0.2, 0) is 13.6 Å². The van der Waals surface area contributed by atoms with Gasteiger partial charge < -0.3 is 4.90 Å². The Morgan fingerprint density at radius 2 is 2.33 bits per heavy atom. The molecule has 0 saturated carbocycles. The van der Waals surface area contributed by atoms with Crippen LogP contribution in [-0.4, -0.2) is 43.8 Å². The number of hydrogen-bond donors (Lipinski definition) is 1. The number of aryl methyl sites for hydroxylation is 1. The van der Waals surface area contributed by atoms with Crippen LogP contribution in [0.15, 0.2) is 6.33 Å². The molecule has 0 aliphatic carbocycles. The molecule has 82 valence electrons. The van der Waals surface area contributed by atoms with E-state index in [-0.39, 0.29) is 6.03 Å². The second-order valence-electron chi connectivity index (χ2n) is 3.55. The number of nitrogens with two attached hydrogens (primary N) is 1. The van der Waals surface area contributed by atoms with E-state index < -0.39 is 0 Å². The molecule has 1 saturated heterocycles. The van der Waals surface area contributed by atoms with Crippen LogP contribution in [0.2, 0.25) is 0 Å². The highest BCUT2D eigenvalue weighted by molar-refractivity contribution is 5.74. The monoisotopic (exact) mass is 210 g/mol. The van der Waals surface area contributed by atoms with Gasteiger partial charge in [-0.2, -0.15) is 5.10 Å². The first-order valence-corrected chi connectivity index (χ1v) is 4.82. The summed E-state index contributed by atoms with van der Waals surface area (Å²) < 4.78 is 1.66. The molecule has 1 aliphatic rings. The van der Waals surface area contributed by atoms with Crippen molar-refractivity contribution in [2.75, 3.05) is 13.1 Å². The summed E-state index contributed by atoms with van der Waals surface area (Å²) in [4.78, 5) is 17.4. The lowest BCUT2D eigenvalue weighted by Gasteiger charge is -2.32. The molecule has 0 bridgehead atoms. The molecule has 7 nitrogen and oxygen atoms in total. The maximum atomic E-state index is 11.6. The molecule has 1 aromatic heterocycles. The van der Waals surface area contributed by atoms with E-state index in [4.69, 9.17) is 5.84 Å². The van der Waals surface area contributed by atoms with E-state index in [1.165, 1.54) is 11.3 Å². The average molecular weight is 210 g/mol. The van der Waals surface area contributed by atoms with Crippen molar-refractivity contribution in [3.05, 3.63) is 12.2 Å². The van der Waals surface area contributed by atoms with Crippen molar-refractivity contribution in [3.8, 4) is 0 Å². The van der Waals surface area contributed by atoms with E-state index in [1.54, 1.807) is 16.6 Å². The van der Waals surface area contributed by atoms with Crippen molar-refractivity contribution < 1.29 is 4.79 Å². The Morgan fingerprint density at radius 3 is 3.00 bits per heavy atom. The molecule has 0 radical (unpaired) electrons. The molecule has 0 unspecified atom stereocenters. The van der Waals surface area contributed by atoms with Crippen LogP contribution in [0, 0.1) is 0 Å². The molecule has 7 heteroatoms. The minimum absolute atomic E-state index is 0.149. The summed E-state index contributed by atoms with van der Waals surface area (Å²) in [5.74, 6) is 6.30. The van der Waals surface area contributed by atoms with Gasteiger partial charge in [0.05, 0.1) is 6.54 Å². The molecule has 0 atom stereocenters. The standard InChI is InChI=1S/C8H14N6O/c1-12-7(10-6-11-12)5-13-3-2-4-14(9)8(13)15/h6H,2-5,9H2,1H3. The third-order valence-corrected chi connectivity index (χ3v) is 2.48. The smallest absolute Gasteiger partial charge is 0.316 e. The average Bonchev–Trinajstić information content (AvgIpc) is 2.60. The number of nitrogens with zero attached hydrogens (tertiary/aromatic N) is 5. The van der Waals surface area contributed by atoms with Gasteiger partial charge in [-0.05, 0) is 6.42 Å². The van der Waals surface area contributed by atoms with E-state index in [1.807, 2.05) is 0 Å². The van der Waals surface area contributed by atoms with Gasteiger partial charge in [-0.1, -0.05) is 0 Å². The predicted molar refractivity (Wildman–Crippen MR) is 52.3 cm³/mol. The lowest BCUT2D eigenvalue weighted by Crippen LogP contribution is -2.52. The topological polar surface area (TPSA) is 80.3 Å². The number of carbonyl (C=O) groups excluding carboxylic acids is 1. The predicted octanol–water partition coefficient (Wildman–Crippen LogP) is -0.683. The zero-order chi connectivity index (χ0) is 10.8. The zero-order valence-electron chi connectivity index (χ0n) is 8.63. The minimum atomic E-state index is -0.149. The van der Waals surface area contributed by atoms with Crippen LogP contribution in [0.5, 0.6) is 0 Å². The maximum absolute atomic E-state index is 11.6. The van der Waals surface area contributed by atoms with Crippen LogP contribution in [0.25, 0.3) is 0 Å². The molecular formula is C8H14N6O. The van der Waals surface area contributed by atoms with Crippen molar-refractivity contribution in [1.82, 2.24) is 24.7 Å². The molecule has 2 rings (SSSR count). The summed E-state index contributed by atoms with van der Waals surface area (Å²) >= 11 is 0. The van der Waals surface area contributed by atoms with Gasteiger partial charge in [-0.15, -0.1) is 0 Å². The van der Waals surface area contributed by atoms with E-state index >= 15 is 0 Å². The van der Waals surface area contributed by atoms with Gasteiger partial charge in [0, 0.05) is 20.1 Å². The first kappa shape index (κ1) is 9.91. The van der Waals surface area contributed by atoms with E-state index in [0.717, 1.165) is 18.8 Å². The maximum Gasteiger partial charge on any atom is 0.334 e. The molecule has 15 heavy (non-hydrogen) atoms. The highest BCUT2D eigenvalue weighted by atomic mass is 16.2. The van der Waals surface area contributed by atoms with Crippen molar-refractivity contribution >= 4 is 6.03 Å². The Morgan fingerprint density at radius 1 is 1.53 bits per heavy atom.